The lowest BCUT2D eigenvalue weighted by atomic mass is 10.1. The van der Waals surface area contributed by atoms with Gasteiger partial charge < -0.3 is 19.5 Å². The molecule has 0 radical (unpaired) electrons. The molecule has 1 atom stereocenters. The number of rotatable bonds is 6. The predicted molar refractivity (Wildman–Crippen MR) is 119 cm³/mol. The lowest BCUT2D eigenvalue weighted by Gasteiger charge is -2.24. The summed E-state index contributed by atoms with van der Waals surface area (Å²) in [5.74, 6) is 1.14. The van der Waals surface area contributed by atoms with Crippen LogP contribution in [0.25, 0.3) is 0 Å². The van der Waals surface area contributed by atoms with Gasteiger partial charge in [-0.15, -0.1) is 0 Å². The molecule has 2 aromatic rings. The molecule has 1 heterocycles. The Hall–Kier alpha value is -2.70. The molecule has 1 aliphatic rings. The van der Waals surface area contributed by atoms with E-state index in [-0.39, 0.29) is 25.1 Å². The van der Waals surface area contributed by atoms with E-state index in [1.54, 1.807) is 7.11 Å². The number of nitrogens with zero attached hydrogens (tertiary/aromatic N) is 2. The number of aliphatic hydroxyl groups is 1. The molecule has 6 nitrogen and oxygen atoms in total. The van der Waals surface area contributed by atoms with Crippen LogP contribution in [-0.2, 0) is 16.0 Å². The number of likely N-dealkylation sites (N-methyl/N-ethyl adjacent to an activating group) is 2. The highest BCUT2D eigenvalue weighted by Gasteiger charge is 2.31. The number of methoxy groups -OCH3 is 1. The van der Waals surface area contributed by atoms with Gasteiger partial charge in [0.25, 0.3) is 0 Å². The second-order valence-corrected chi connectivity index (χ2v) is 7.12. The molecule has 6 heteroatoms. The van der Waals surface area contributed by atoms with Crippen molar-refractivity contribution in [3.63, 3.8) is 0 Å². The number of aldehydes is 1. The molecule has 0 saturated carbocycles. The van der Waals surface area contributed by atoms with Crippen molar-refractivity contribution in [3.05, 3.63) is 65.7 Å². The molecule has 1 aliphatic heterocycles. The molecular weight excluding hydrogens is 380 g/mol. The topological polar surface area (TPSA) is 70.1 Å². The van der Waals surface area contributed by atoms with Gasteiger partial charge in [-0.2, -0.15) is 0 Å². The molecule has 1 saturated heterocycles. The van der Waals surface area contributed by atoms with Crippen LogP contribution in [0.15, 0.2) is 54.6 Å². The molecule has 0 aliphatic carbocycles. The highest BCUT2D eigenvalue weighted by atomic mass is 16.5. The zero-order valence-corrected chi connectivity index (χ0v) is 18.5. The van der Waals surface area contributed by atoms with Crippen LogP contribution in [-0.4, -0.2) is 67.6 Å². The summed E-state index contributed by atoms with van der Waals surface area (Å²) >= 11 is 0. The van der Waals surface area contributed by atoms with Gasteiger partial charge in [0.1, 0.15) is 12.0 Å². The van der Waals surface area contributed by atoms with E-state index >= 15 is 0 Å². The van der Waals surface area contributed by atoms with Gasteiger partial charge in [-0.25, -0.2) is 0 Å². The maximum absolute atomic E-state index is 11.5. The molecule has 1 unspecified atom stereocenters. The molecule has 0 spiro atoms. The molecule has 1 N–H and O–H groups in total. The fraction of sp³-hybridized carbons (Fsp3) is 0.417. The maximum Gasteiger partial charge on any atom is 0.237 e. The van der Waals surface area contributed by atoms with Crippen LogP contribution in [0.1, 0.15) is 24.0 Å². The van der Waals surface area contributed by atoms with E-state index in [2.05, 4.69) is 36.1 Å². The third-order valence-corrected chi connectivity index (χ3v) is 4.77. The van der Waals surface area contributed by atoms with Crippen LogP contribution in [0.3, 0.4) is 0 Å². The Kier molecular flexibility index (Phi) is 12.1. The van der Waals surface area contributed by atoms with E-state index in [0.29, 0.717) is 12.8 Å². The summed E-state index contributed by atoms with van der Waals surface area (Å²) < 4.78 is 4.97. The fourth-order valence-electron chi connectivity index (χ4n) is 2.97. The quantitative estimate of drug-likeness (QED) is 0.736. The number of aliphatic hydroxyl groups excluding tert-OH is 1. The zero-order chi connectivity index (χ0) is 22.4. The monoisotopic (exact) mass is 414 g/mol. The third-order valence-electron chi connectivity index (χ3n) is 4.77. The molecule has 1 fully saturated rings. The number of ether oxygens (including phenoxy) is 1. The van der Waals surface area contributed by atoms with E-state index in [4.69, 9.17) is 9.84 Å². The fourth-order valence-corrected chi connectivity index (χ4v) is 2.97. The number of benzene rings is 2. The molecule has 1 amide bonds. The Labute approximate surface area is 180 Å². The van der Waals surface area contributed by atoms with E-state index in [9.17, 15) is 9.59 Å². The van der Waals surface area contributed by atoms with Crippen LogP contribution in [0, 0.1) is 6.92 Å². The van der Waals surface area contributed by atoms with Crippen molar-refractivity contribution in [1.82, 2.24) is 9.80 Å². The summed E-state index contributed by atoms with van der Waals surface area (Å²) in [6, 6.07) is 18.4. The third kappa shape index (κ3) is 9.20. The molecular formula is C24H34N2O4. The van der Waals surface area contributed by atoms with Crippen LogP contribution in [0.2, 0.25) is 0 Å². The van der Waals surface area contributed by atoms with Gasteiger partial charge in [0, 0.05) is 20.1 Å². The van der Waals surface area contributed by atoms with E-state index in [0.717, 1.165) is 18.6 Å². The minimum absolute atomic E-state index is 0.0243. The standard InChI is InChI=1S/C13H18N2O.C8H10O.C3H6O2/c1-14-10-13(16)15(2)12(14)9-8-11-6-4-3-5-7-11;1-7-3-5-8(9-2)6-4-7;4-2-1-3-5/h3-7,12H,8-10H2,1-2H3;3-6H,1-2H3;2,5H,1,3H2. The lowest BCUT2D eigenvalue weighted by Crippen LogP contribution is -2.35. The summed E-state index contributed by atoms with van der Waals surface area (Å²) in [5, 5.41) is 7.84. The first-order valence-electron chi connectivity index (χ1n) is 10.1. The van der Waals surface area contributed by atoms with Crippen molar-refractivity contribution in [3.8, 4) is 5.75 Å². The second-order valence-electron chi connectivity index (χ2n) is 7.12. The first kappa shape index (κ1) is 25.3. The van der Waals surface area contributed by atoms with Crippen molar-refractivity contribution >= 4 is 12.2 Å². The highest BCUT2D eigenvalue weighted by Crippen LogP contribution is 2.17. The number of aryl methyl sites for hydroxylation is 2. The Morgan fingerprint density at radius 1 is 1.10 bits per heavy atom. The molecule has 164 valence electrons. The van der Waals surface area contributed by atoms with Crippen molar-refractivity contribution < 1.29 is 19.4 Å². The number of hydrogen-bond acceptors (Lipinski definition) is 5. The number of carbonyl (C=O) groups excluding carboxylic acids is 2. The minimum Gasteiger partial charge on any atom is -0.497 e. The number of amides is 1. The van der Waals surface area contributed by atoms with Gasteiger partial charge in [0.15, 0.2) is 0 Å². The van der Waals surface area contributed by atoms with E-state index < -0.39 is 0 Å². The van der Waals surface area contributed by atoms with Gasteiger partial charge in [-0.1, -0.05) is 48.0 Å². The van der Waals surface area contributed by atoms with E-state index in [1.165, 1.54) is 11.1 Å². The summed E-state index contributed by atoms with van der Waals surface area (Å²) in [5.41, 5.74) is 2.60. The zero-order valence-electron chi connectivity index (χ0n) is 18.5. The van der Waals surface area contributed by atoms with Crippen molar-refractivity contribution in [1.29, 1.82) is 0 Å². The first-order valence-corrected chi connectivity index (χ1v) is 10.1. The van der Waals surface area contributed by atoms with Crippen LogP contribution in [0.4, 0.5) is 0 Å². The minimum atomic E-state index is -0.0243. The van der Waals surface area contributed by atoms with Gasteiger partial charge in [0.2, 0.25) is 5.91 Å². The molecule has 0 bridgehead atoms. The summed E-state index contributed by atoms with van der Waals surface area (Å²) in [4.78, 5) is 24.7. The van der Waals surface area contributed by atoms with Crippen molar-refractivity contribution in [2.24, 2.45) is 0 Å². The predicted octanol–water partition coefficient (Wildman–Crippen LogP) is 2.92. The lowest BCUT2D eigenvalue weighted by molar-refractivity contribution is -0.126. The SMILES string of the molecule is CN1CC(=O)N(C)C1CCc1ccccc1.COc1ccc(C)cc1.O=CCCO. The average Bonchev–Trinajstić information content (AvgIpc) is 3.00. The van der Waals surface area contributed by atoms with Crippen LogP contribution >= 0.6 is 0 Å². The summed E-state index contributed by atoms with van der Waals surface area (Å²) in [6.07, 6.45) is 3.23. The Balaban J connectivity index is 0.000000270. The Morgan fingerprint density at radius 3 is 2.17 bits per heavy atom. The largest absolute Gasteiger partial charge is 0.497 e. The molecule has 0 aromatic heterocycles. The summed E-state index contributed by atoms with van der Waals surface area (Å²) in [7, 11) is 5.57. The number of hydrogen-bond donors (Lipinski definition) is 1. The average molecular weight is 415 g/mol. The molecule has 3 rings (SSSR count). The summed E-state index contributed by atoms with van der Waals surface area (Å²) in [6.45, 7) is 2.58. The smallest absolute Gasteiger partial charge is 0.237 e. The van der Waals surface area contributed by atoms with Crippen molar-refractivity contribution in [2.45, 2.75) is 32.4 Å². The van der Waals surface area contributed by atoms with Gasteiger partial charge in [-0.05, 0) is 44.5 Å². The van der Waals surface area contributed by atoms with Crippen LogP contribution < -0.4 is 4.74 Å². The second kappa shape index (κ2) is 14.3. The normalized spacial score (nSPS) is 15.6. The highest BCUT2D eigenvalue weighted by molar-refractivity contribution is 5.80. The Bertz CT molecular complexity index is 735. The first-order chi connectivity index (χ1) is 14.4. The molecule has 2 aromatic carbocycles. The van der Waals surface area contributed by atoms with Crippen LogP contribution in [0.5, 0.6) is 5.75 Å². The molecule has 30 heavy (non-hydrogen) atoms. The Morgan fingerprint density at radius 2 is 1.73 bits per heavy atom. The number of carbonyl (C=O) groups is 2. The maximum atomic E-state index is 11.5. The van der Waals surface area contributed by atoms with Gasteiger partial charge in [-0.3, -0.25) is 9.69 Å². The van der Waals surface area contributed by atoms with Crippen molar-refractivity contribution in [2.75, 3.05) is 34.4 Å². The van der Waals surface area contributed by atoms with E-state index in [1.807, 2.05) is 49.3 Å². The van der Waals surface area contributed by atoms with Gasteiger partial charge in [0.05, 0.1) is 19.8 Å². The van der Waals surface area contributed by atoms with Gasteiger partial charge >= 0.3 is 0 Å².